The maximum absolute atomic E-state index is 10.2. The fourth-order valence-electron chi connectivity index (χ4n) is 0.282. The van der Waals surface area contributed by atoms with Crippen LogP contribution in [0.25, 0.3) is 0 Å². The normalized spacial score (nSPS) is 11.5. The van der Waals surface area contributed by atoms with Gasteiger partial charge in [0.05, 0.1) is 6.42 Å². The van der Waals surface area contributed by atoms with Gasteiger partial charge in [-0.2, -0.15) is 0 Å². The van der Waals surface area contributed by atoms with Crippen LogP contribution in [0.1, 0.15) is 13.3 Å². The second-order valence-corrected chi connectivity index (χ2v) is 4.01. The third-order valence-electron chi connectivity index (χ3n) is 0.449. The van der Waals surface area contributed by atoms with Crippen molar-refractivity contribution in [3.63, 3.8) is 0 Å². The van der Waals surface area contributed by atoms with E-state index >= 15 is 0 Å². The molecule has 0 aromatic carbocycles. The first-order valence-corrected chi connectivity index (χ1v) is 3.11. The highest BCUT2D eigenvalue weighted by atomic mass is 35.6. The van der Waals surface area contributed by atoms with Crippen LogP contribution in [-0.2, 0) is 4.79 Å². The van der Waals surface area contributed by atoms with Gasteiger partial charge in [-0.3, -0.25) is 4.79 Å². The number of hydrogen-bond donors (Lipinski definition) is 0. The molecular weight excluding hydrogens is 170 g/mol. The Bertz CT molecular complexity index is 93.9. The monoisotopic (exact) mass is 174 g/mol. The molecule has 0 rings (SSSR count). The van der Waals surface area contributed by atoms with Crippen LogP contribution >= 0.6 is 34.8 Å². The van der Waals surface area contributed by atoms with E-state index in [9.17, 15) is 4.79 Å². The van der Waals surface area contributed by atoms with Gasteiger partial charge in [0.2, 0.25) is 0 Å². The first kappa shape index (κ1) is 8.54. The third kappa shape index (κ3) is 6.54. The van der Waals surface area contributed by atoms with Gasteiger partial charge in [-0.05, 0) is 6.92 Å². The van der Waals surface area contributed by atoms with Crippen LogP contribution in [0.5, 0.6) is 0 Å². The molecule has 0 saturated carbocycles. The number of alkyl halides is 3. The Labute approximate surface area is 62.9 Å². The van der Waals surface area contributed by atoms with E-state index in [4.69, 9.17) is 34.8 Å². The number of carbonyl (C=O) groups excluding carboxylic acids is 1. The molecule has 0 atom stereocenters. The fourth-order valence-corrected chi connectivity index (χ4v) is 0.847. The molecule has 1 nitrogen and oxygen atoms in total. The van der Waals surface area contributed by atoms with E-state index in [1.54, 1.807) is 0 Å². The smallest absolute Gasteiger partial charge is 0.197 e. The summed E-state index contributed by atoms with van der Waals surface area (Å²) in [4.78, 5) is 10.2. The first-order chi connectivity index (χ1) is 3.42. The van der Waals surface area contributed by atoms with Gasteiger partial charge in [0, 0.05) is 0 Å². The Hall–Kier alpha value is 0.540. The Morgan fingerprint density at radius 3 is 1.88 bits per heavy atom. The number of Topliss-reactive ketones (excluding diaryl/α,β-unsaturated/α-hetero) is 1. The second-order valence-electron chi connectivity index (χ2n) is 1.49. The molecule has 0 aromatic heterocycles. The average Bonchev–Trinajstić information content (AvgIpc) is 1.21. The largest absolute Gasteiger partial charge is 0.300 e. The lowest BCUT2D eigenvalue weighted by Gasteiger charge is -2.05. The molecule has 0 bridgehead atoms. The topological polar surface area (TPSA) is 17.1 Å². The van der Waals surface area contributed by atoms with Crippen LogP contribution in [0.2, 0.25) is 0 Å². The lowest BCUT2D eigenvalue weighted by molar-refractivity contribution is -0.116. The molecule has 4 heteroatoms. The number of hydrogen-bond acceptors (Lipinski definition) is 1. The van der Waals surface area contributed by atoms with Crippen molar-refractivity contribution in [1.29, 1.82) is 0 Å². The van der Waals surface area contributed by atoms with Gasteiger partial charge in [-0.15, -0.1) is 0 Å². The lowest BCUT2D eigenvalue weighted by atomic mass is 10.3. The number of carbonyl (C=O) groups is 1. The third-order valence-corrected chi connectivity index (χ3v) is 0.850. The van der Waals surface area contributed by atoms with Crippen molar-refractivity contribution >= 4 is 40.6 Å². The molecule has 0 radical (unpaired) electrons. The van der Waals surface area contributed by atoms with E-state index in [1.807, 2.05) is 0 Å². The van der Waals surface area contributed by atoms with Crippen LogP contribution in [0.4, 0.5) is 0 Å². The summed E-state index contributed by atoms with van der Waals surface area (Å²) in [5.41, 5.74) is 0. The quantitative estimate of drug-likeness (QED) is 0.559. The minimum absolute atomic E-state index is 0.0162. The molecule has 0 aromatic rings. The van der Waals surface area contributed by atoms with Crippen molar-refractivity contribution in [2.24, 2.45) is 0 Å². The van der Waals surface area contributed by atoms with Crippen LogP contribution in [0.3, 0.4) is 0 Å². The summed E-state index contributed by atoms with van der Waals surface area (Å²) >= 11 is 15.7. The van der Waals surface area contributed by atoms with Gasteiger partial charge >= 0.3 is 0 Å². The van der Waals surface area contributed by atoms with E-state index in [0.717, 1.165) is 0 Å². The summed E-state index contributed by atoms with van der Waals surface area (Å²) in [6.07, 6.45) is -0.0162. The summed E-state index contributed by atoms with van der Waals surface area (Å²) in [6.45, 7) is 1.38. The van der Waals surface area contributed by atoms with E-state index in [-0.39, 0.29) is 12.2 Å². The highest BCUT2D eigenvalue weighted by molar-refractivity contribution is 6.68. The van der Waals surface area contributed by atoms with E-state index in [2.05, 4.69) is 0 Å². The zero-order valence-corrected chi connectivity index (χ0v) is 6.52. The summed E-state index contributed by atoms with van der Waals surface area (Å²) in [7, 11) is 0. The predicted octanol–water partition coefficient (Wildman–Crippen LogP) is 2.34. The predicted molar refractivity (Wildman–Crippen MR) is 35.6 cm³/mol. The molecule has 0 aliphatic rings. The minimum atomic E-state index is -1.41. The van der Waals surface area contributed by atoms with Crippen LogP contribution in [-0.4, -0.2) is 9.58 Å². The summed E-state index contributed by atoms with van der Waals surface area (Å²) in [5.74, 6) is -0.120. The molecule has 8 heavy (non-hydrogen) atoms. The maximum atomic E-state index is 10.2. The Morgan fingerprint density at radius 2 is 1.88 bits per heavy atom. The Morgan fingerprint density at radius 1 is 1.50 bits per heavy atom. The number of halogens is 3. The average molecular weight is 175 g/mol. The molecule has 0 unspecified atom stereocenters. The molecular formula is C4H5Cl3O. The molecule has 0 aliphatic heterocycles. The van der Waals surface area contributed by atoms with E-state index < -0.39 is 3.79 Å². The molecule has 0 saturated heterocycles. The van der Waals surface area contributed by atoms with Crippen LogP contribution in [0.15, 0.2) is 0 Å². The molecule has 48 valence electrons. The number of ketones is 1. The van der Waals surface area contributed by atoms with Crippen LogP contribution in [0, 0.1) is 0 Å². The standard InChI is InChI=1S/C4H5Cl3O/c1-3(8)2-4(5,6)7/h2H2,1H3. The zero-order valence-electron chi connectivity index (χ0n) is 4.25. The molecule has 0 amide bonds. The van der Waals surface area contributed by atoms with Gasteiger partial charge in [0.15, 0.2) is 3.79 Å². The minimum Gasteiger partial charge on any atom is -0.300 e. The van der Waals surface area contributed by atoms with Crippen molar-refractivity contribution < 1.29 is 4.79 Å². The van der Waals surface area contributed by atoms with Gasteiger partial charge < -0.3 is 0 Å². The lowest BCUT2D eigenvalue weighted by Crippen LogP contribution is -2.07. The van der Waals surface area contributed by atoms with Crippen molar-refractivity contribution in [2.45, 2.75) is 17.1 Å². The van der Waals surface area contributed by atoms with E-state index in [0.29, 0.717) is 0 Å². The Kier molecular flexibility index (Phi) is 3.10. The Balaban J connectivity index is 3.55. The summed E-state index contributed by atoms with van der Waals surface area (Å²) in [5, 5.41) is 0. The van der Waals surface area contributed by atoms with Crippen molar-refractivity contribution in [3.05, 3.63) is 0 Å². The van der Waals surface area contributed by atoms with Gasteiger partial charge in [0.25, 0.3) is 0 Å². The molecule has 0 spiro atoms. The molecule has 0 aliphatic carbocycles. The SMILES string of the molecule is CC(=O)CC(Cl)(Cl)Cl. The van der Waals surface area contributed by atoms with Crippen molar-refractivity contribution in [3.8, 4) is 0 Å². The first-order valence-electron chi connectivity index (χ1n) is 1.98. The summed E-state index contributed by atoms with van der Waals surface area (Å²) < 4.78 is -1.41. The molecule has 0 N–H and O–H groups in total. The maximum Gasteiger partial charge on any atom is 0.197 e. The van der Waals surface area contributed by atoms with Gasteiger partial charge in [-0.25, -0.2) is 0 Å². The summed E-state index contributed by atoms with van der Waals surface area (Å²) in [6, 6.07) is 0. The van der Waals surface area contributed by atoms with Crippen molar-refractivity contribution in [1.82, 2.24) is 0 Å². The fraction of sp³-hybridized carbons (Fsp3) is 0.750. The highest BCUT2D eigenvalue weighted by Gasteiger charge is 2.21. The van der Waals surface area contributed by atoms with Crippen molar-refractivity contribution in [2.75, 3.05) is 0 Å². The molecule has 0 heterocycles. The second kappa shape index (κ2) is 2.90. The zero-order chi connectivity index (χ0) is 6.78. The van der Waals surface area contributed by atoms with Gasteiger partial charge in [-0.1, -0.05) is 34.8 Å². The molecule has 0 fully saturated rings. The van der Waals surface area contributed by atoms with Gasteiger partial charge in [0.1, 0.15) is 5.78 Å². The highest BCUT2D eigenvalue weighted by Crippen LogP contribution is 2.29. The van der Waals surface area contributed by atoms with Crippen LogP contribution < -0.4 is 0 Å². The number of rotatable bonds is 1. The van der Waals surface area contributed by atoms with E-state index in [1.165, 1.54) is 6.92 Å².